The summed E-state index contributed by atoms with van der Waals surface area (Å²) in [7, 11) is 1.17. The van der Waals surface area contributed by atoms with Crippen LogP contribution in [0.2, 0.25) is 5.02 Å². The maximum absolute atomic E-state index is 13.7. The van der Waals surface area contributed by atoms with Gasteiger partial charge in [0, 0.05) is 24.6 Å². The fourth-order valence-corrected chi connectivity index (χ4v) is 1.68. The van der Waals surface area contributed by atoms with Gasteiger partial charge in [-0.05, 0) is 12.1 Å². The van der Waals surface area contributed by atoms with Crippen molar-refractivity contribution < 1.29 is 23.9 Å². The summed E-state index contributed by atoms with van der Waals surface area (Å²) < 4.78 is 13.7. The van der Waals surface area contributed by atoms with Crippen LogP contribution < -0.4 is 5.32 Å². The summed E-state index contributed by atoms with van der Waals surface area (Å²) in [5.41, 5.74) is -0.369. The number of carboxylic acids is 1. The highest BCUT2D eigenvalue weighted by molar-refractivity contribution is 6.31. The lowest BCUT2D eigenvalue weighted by molar-refractivity contribution is -0.139. The van der Waals surface area contributed by atoms with Crippen molar-refractivity contribution in [2.24, 2.45) is 0 Å². The Morgan fingerprint density at radius 3 is 2.45 bits per heavy atom. The SMILES string of the molecule is CC(=O)N(C)C(=O)NC(C(=O)O)c1c(F)cccc1Cl. The second-order valence-corrected chi connectivity index (χ2v) is 4.34. The number of urea groups is 1. The molecule has 1 aromatic carbocycles. The number of carbonyl (C=O) groups is 3. The minimum absolute atomic E-state index is 0.136. The molecule has 0 aromatic heterocycles. The van der Waals surface area contributed by atoms with Crippen LogP contribution in [0, 0.1) is 5.82 Å². The molecule has 8 heteroatoms. The first-order valence-corrected chi connectivity index (χ1v) is 5.85. The van der Waals surface area contributed by atoms with E-state index in [9.17, 15) is 18.8 Å². The predicted octanol–water partition coefficient (Wildman–Crippen LogP) is 1.79. The molecule has 1 rings (SSSR count). The Bertz CT molecular complexity index is 544. The van der Waals surface area contributed by atoms with E-state index in [1.165, 1.54) is 19.2 Å². The van der Waals surface area contributed by atoms with Gasteiger partial charge in [0.25, 0.3) is 0 Å². The van der Waals surface area contributed by atoms with Gasteiger partial charge < -0.3 is 10.4 Å². The number of carbonyl (C=O) groups excluding carboxylic acids is 2. The lowest BCUT2D eigenvalue weighted by Gasteiger charge is -2.20. The Labute approximate surface area is 119 Å². The summed E-state index contributed by atoms with van der Waals surface area (Å²) in [6, 6.07) is 0.973. The van der Waals surface area contributed by atoms with Crippen LogP contribution >= 0.6 is 11.6 Å². The van der Waals surface area contributed by atoms with Gasteiger partial charge in [-0.1, -0.05) is 17.7 Å². The van der Waals surface area contributed by atoms with Crippen molar-refractivity contribution >= 4 is 29.5 Å². The van der Waals surface area contributed by atoms with Gasteiger partial charge >= 0.3 is 12.0 Å². The third-order valence-corrected chi connectivity index (χ3v) is 2.91. The standard InChI is InChI=1S/C12H12ClFN2O4/c1-6(17)16(2)12(20)15-10(11(18)19)9-7(13)4-3-5-8(9)14/h3-5,10H,1-2H3,(H,15,20)(H,18,19). The number of aliphatic carboxylic acids is 1. The highest BCUT2D eigenvalue weighted by Crippen LogP contribution is 2.26. The molecular formula is C12H12ClFN2O4. The number of hydrogen-bond donors (Lipinski definition) is 2. The minimum atomic E-state index is -1.70. The van der Waals surface area contributed by atoms with Crippen molar-refractivity contribution in [3.05, 3.63) is 34.6 Å². The number of halogens is 2. The van der Waals surface area contributed by atoms with Crippen LogP contribution in [0.5, 0.6) is 0 Å². The first kappa shape index (κ1) is 15.9. The summed E-state index contributed by atoms with van der Waals surface area (Å²) in [4.78, 5) is 34.5. The fraction of sp³-hybridized carbons (Fsp3) is 0.250. The smallest absolute Gasteiger partial charge is 0.331 e. The molecule has 0 heterocycles. The summed E-state index contributed by atoms with van der Waals surface area (Å²) >= 11 is 5.76. The van der Waals surface area contributed by atoms with E-state index in [0.717, 1.165) is 13.0 Å². The summed E-state index contributed by atoms with van der Waals surface area (Å²) in [6.07, 6.45) is 0. The van der Waals surface area contributed by atoms with Gasteiger partial charge in [-0.15, -0.1) is 0 Å². The van der Waals surface area contributed by atoms with Crippen molar-refractivity contribution in [2.75, 3.05) is 7.05 Å². The van der Waals surface area contributed by atoms with E-state index < -0.39 is 29.8 Å². The molecule has 1 unspecified atom stereocenters. The molecular weight excluding hydrogens is 291 g/mol. The summed E-state index contributed by atoms with van der Waals surface area (Å²) in [6.45, 7) is 1.13. The zero-order valence-electron chi connectivity index (χ0n) is 10.7. The van der Waals surface area contributed by atoms with E-state index >= 15 is 0 Å². The van der Waals surface area contributed by atoms with Crippen molar-refractivity contribution in [1.29, 1.82) is 0 Å². The molecule has 1 atom stereocenters. The highest BCUT2D eigenvalue weighted by atomic mass is 35.5. The molecule has 2 N–H and O–H groups in total. The van der Waals surface area contributed by atoms with E-state index in [1.807, 2.05) is 5.32 Å². The Morgan fingerprint density at radius 1 is 1.40 bits per heavy atom. The monoisotopic (exact) mass is 302 g/mol. The van der Waals surface area contributed by atoms with E-state index in [2.05, 4.69) is 0 Å². The van der Waals surface area contributed by atoms with Crippen molar-refractivity contribution in [2.45, 2.75) is 13.0 Å². The van der Waals surface area contributed by atoms with Gasteiger partial charge in [0.15, 0.2) is 6.04 Å². The largest absolute Gasteiger partial charge is 0.479 e. The van der Waals surface area contributed by atoms with Gasteiger partial charge in [0.05, 0.1) is 0 Å². The number of rotatable bonds is 3. The molecule has 0 aliphatic heterocycles. The number of hydrogen-bond acceptors (Lipinski definition) is 3. The van der Waals surface area contributed by atoms with E-state index in [4.69, 9.17) is 16.7 Å². The summed E-state index contributed by atoms with van der Waals surface area (Å²) in [5.74, 6) is -2.95. The van der Waals surface area contributed by atoms with Gasteiger partial charge in [0.2, 0.25) is 5.91 Å². The van der Waals surface area contributed by atoms with Crippen LogP contribution in [-0.4, -0.2) is 35.0 Å². The van der Waals surface area contributed by atoms with Crippen LogP contribution in [-0.2, 0) is 9.59 Å². The average Bonchev–Trinajstić information content (AvgIpc) is 2.35. The second-order valence-electron chi connectivity index (χ2n) is 3.93. The maximum Gasteiger partial charge on any atom is 0.331 e. The quantitative estimate of drug-likeness (QED) is 0.891. The zero-order valence-corrected chi connectivity index (χ0v) is 11.4. The van der Waals surface area contributed by atoms with Gasteiger partial charge in [-0.3, -0.25) is 9.69 Å². The number of benzene rings is 1. The molecule has 20 heavy (non-hydrogen) atoms. The Kier molecular flexibility index (Phi) is 5.04. The predicted molar refractivity (Wildman–Crippen MR) is 68.8 cm³/mol. The topological polar surface area (TPSA) is 86.7 Å². The normalized spacial score (nSPS) is 11.6. The molecule has 0 radical (unpaired) electrons. The minimum Gasteiger partial charge on any atom is -0.479 e. The molecule has 108 valence electrons. The first-order chi connectivity index (χ1) is 9.25. The molecule has 0 saturated heterocycles. The summed E-state index contributed by atoms with van der Waals surface area (Å²) in [5, 5.41) is 11.0. The fourth-order valence-electron chi connectivity index (χ4n) is 1.41. The number of amides is 3. The second kappa shape index (κ2) is 6.33. The lowest BCUT2D eigenvalue weighted by atomic mass is 10.1. The van der Waals surface area contributed by atoms with Crippen LogP contribution in [0.1, 0.15) is 18.5 Å². The first-order valence-electron chi connectivity index (χ1n) is 5.47. The van der Waals surface area contributed by atoms with Crippen LogP contribution in [0.25, 0.3) is 0 Å². The number of nitrogens with zero attached hydrogens (tertiary/aromatic N) is 1. The van der Waals surface area contributed by atoms with E-state index in [0.29, 0.717) is 4.90 Å². The molecule has 0 bridgehead atoms. The molecule has 0 spiro atoms. The third kappa shape index (κ3) is 3.45. The molecule has 6 nitrogen and oxygen atoms in total. The van der Waals surface area contributed by atoms with Gasteiger partial charge in [0.1, 0.15) is 5.82 Å². The van der Waals surface area contributed by atoms with Crippen molar-refractivity contribution in [1.82, 2.24) is 10.2 Å². The van der Waals surface area contributed by atoms with Gasteiger partial charge in [-0.25, -0.2) is 14.0 Å². The molecule has 0 fully saturated rings. The van der Waals surface area contributed by atoms with Crippen molar-refractivity contribution in [3.8, 4) is 0 Å². The number of nitrogens with one attached hydrogen (secondary N) is 1. The molecule has 1 aromatic rings. The Hall–Kier alpha value is -2.15. The number of imide groups is 1. The Balaban J connectivity index is 3.11. The zero-order chi connectivity index (χ0) is 15.4. The van der Waals surface area contributed by atoms with E-state index in [-0.39, 0.29) is 10.6 Å². The molecule has 0 aliphatic rings. The Morgan fingerprint density at radius 2 is 2.00 bits per heavy atom. The van der Waals surface area contributed by atoms with Crippen molar-refractivity contribution in [3.63, 3.8) is 0 Å². The van der Waals surface area contributed by atoms with E-state index in [1.54, 1.807) is 0 Å². The highest BCUT2D eigenvalue weighted by Gasteiger charge is 2.29. The van der Waals surface area contributed by atoms with Gasteiger partial charge in [-0.2, -0.15) is 0 Å². The number of carboxylic acid groups (broad SMARTS) is 1. The third-order valence-electron chi connectivity index (χ3n) is 2.58. The van der Waals surface area contributed by atoms with Crippen LogP contribution in [0.3, 0.4) is 0 Å². The average molecular weight is 303 g/mol. The molecule has 0 saturated carbocycles. The molecule has 3 amide bonds. The van der Waals surface area contributed by atoms with Crippen LogP contribution in [0.4, 0.5) is 9.18 Å². The molecule has 0 aliphatic carbocycles. The van der Waals surface area contributed by atoms with Crippen LogP contribution in [0.15, 0.2) is 18.2 Å². The maximum atomic E-state index is 13.7. The lowest BCUT2D eigenvalue weighted by Crippen LogP contribution is -2.44.